The summed E-state index contributed by atoms with van der Waals surface area (Å²) >= 11 is 1.53. The number of hydrogen-bond acceptors (Lipinski definition) is 6. The van der Waals surface area contributed by atoms with Crippen molar-refractivity contribution in [2.45, 2.75) is 25.4 Å². The Morgan fingerprint density at radius 2 is 2.10 bits per heavy atom. The third-order valence-corrected chi connectivity index (χ3v) is 6.79. The normalized spacial score (nSPS) is 28.6. The molecule has 8 heteroatoms. The first-order valence-electron chi connectivity index (χ1n) is 6.97. The molecule has 2 fully saturated rings. The van der Waals surface area contributed by atoms with Gasteiger partial charge in [-0.2, -0.15) is 0 Å². The van der Waals surface area contributed by atoms with Crippen LogP contribution in [0.3, 0.4) is 0 Å². The summed E-state index contributed by atoms with van der Waals surface area (Å²) in [7, 11) is -1.11. The van der Waals surface area contributed by atoms with Crippen LogP contribution in [0.15, 0.2) is 5.38 Å². The molecule has 21 heavy (non-hydrogen) atoms. The number of carbonyl (C=O) groups excluding carboxylic acids is 1. The molecule has 2 saturated heterocycles. The quantitative estimate of drug-likeness (QED) is 0.760. The maximum absolute atomic E-state index is 12.5. The molecule has 0 aliphatic carbocycles. The van der Waals surface area contributed by atoms with Crippen molar-refractivity contribution in [1.82, 2.24) is 14.8 Å². The maximum atomic E-state index is 12.5. The molecule has 0 unspecified atom stereocenters. The second-order valence-electron chi connectivity index (χ2n) is 5.81. The molecular formula is C13H19N3O3S2. The van der Waals surface area contributed by atoms with Crippen molar-refractivity contribution in [3.05, 3.63) is 16.1 Å². The molecule has 0 bridgehead atoms. The van der Waals surface area contributed by atoms with Crippen LogP contribution in [0.2, 0.25) is 0 Å². The van der Waals surface area contributed by atoms with Gasteiger partial charge in [-0.15, -0.1) is 11.3 Å². The van der Waals surface area contributed by atoms with Crippen LogP contribution in [0.25, 0.3) is 0 Å². The molecule has 6 nitrogen and oxygen atoms in total. The fourth-order valence-electron chi connectivity index (χ4n) is 3.18. The van der Waals surface area contributed by atoms with E-state index in [0.29, 0.717) is 6.54 Å². The Morgan fingerprint density at radius 1 is 1.38 bits per heavy atom. The minimum absolute atomic E-state index is 0.0134. The lowest BCUT2D eigenvalue weighted by molar-refractivity contribution is -0.135. The van der Waals surface area contributed by atoms with Crippen LogP contribution >= 0.6 is 11.3 Å². The lowest BCUT2D eigenvalue weighted by Gasteiger charge is -2.42. The number of thiazole rings is 1. The zero-order valence-corrected chi connectivity index (χ0v) is 13.8. The second-order valence-corrected chi connectivity index (χ2v) is 9.03. The third kappa shape index (κ3) is 2.97. The Kier molecular flexibility index (Phi) is 3.79. The molecular weight excluding hydrogens is 310 g/mol. The topological polar surface area (TPSA) is 70.6 Å². The van der Waals surface area contributed by atoms with Gasteiger partial charge in [-0.3, -0.25) is 9.69 Å². The van der Waals surface area contributed by atoms with Gasteiger partial charge in [-0.1, -0.05) is 0 Å². The number of nitrogens with zero attached hydrogens (tertiary/aromatic N) is 3. The minimum atomic E-state index is -3.05. The van der Waals surface area contributed by atoms with Gasteiger partial charge < -0.3 is 4.90 Å². The number of amides is 1. The van der Waals surface area contributed by atoms with Crippen molar-refractivity contribution in [2.24, 2.45) is 0 Å². The summed E-state index contributed by atoms with van der Waals surface area (Å²) in [5.74, 6) is 0.234. The van der Waals surface area contributed by atoms with Crippen LogP contribution in [0.4, 0.5) is 0 Å². The summed E-state index contributed by atoms with van der Waals surface area (Å²) in [5, 5.41) is 2.84. The highest BCUT2D eigenvalue weighted by Gasteiger charge is 2.46. The highest BCUT2D eigenvalue weighted by Crippen LogP contribution is 2.26. The minimum Gasteiger partial charge on any atom is -0.335 e. The highest BCUT2D eigenvalue weighted by molar-refractivity contribution is 7.91. The van der Waals surface area contributed by atoms with Gasteiger partial charge in [-0.25, -0.2) is 13.4 Å². The number of aromatic nitrogens is 1. The molecule has 1 amide bonds. The molecule has 1 aromatic heterocycles. The predicted molar refractivity (Wildman–Crippen MR) is 81.1 cm³/mol. The number of likely N-dealkylation sites (N-methyl/N-ethyl adjacent to an activating group) is 1. The van der Waals surface area contributed by atoms with E-state index in [0.717, 1.165) is 17.2 Å². The Morgan fingerprint density at radius 3 is 2.76 bits per heavy atom. The average molecular weight is 329 g/mol. The van der Waals surface area contributed by atoms with Gasteiger partial charge in [0.2, 0.25) is 5.91 Å². The fourth-order valence-corrected chi connectivity index (χ4v) is 5.85. The summed E-state index contributed by atoms with van der Waals surface area (Å²) in [5.41, 5.74) is 0.777. The zero-order chi connectivity index (χ0) is 15.2. The maximum Gasteiger partial charge on any atom is 0.228 e. The van der Waals surface area contributed by atoms with Crippen molar-refractivity contribution in [1.29, 1.82) is 0 Å². The molecule has 2 atom stereocenters. The molecule has 0 N–H and O–H groups in total. The van der Waals surface area contributed by atoms with E-state index in [-0.39, 0.29) is 35.9 Å². The Labute approximate surface area is 128 Å². The first kappa shape index (κ1) is 14.9. The molecule has 0 spiro atoms. The monoisotopic (exact) mass is 329 g/mol. The summed E-state index contributed by atoms with van der Waals surface area (Å²) < 4.78 is 23.8. The molecule has 116 valence electrons. The van der Waals surface area contributed by atoms with E-state index in [1.807, 2.05) is 19.4 Å². The van der Waals surface area contributed by atoms with Gasteiger partial charge in [0.15, 0.2) is 9.84 Å². The van der Waals surface area contributed by atoms with Gasteiger partial charge >= 0.3 is 0 Å². The van der Waals surface area contributed by atoms with E-state index in [1.54, 1.807) is 4.90 Å². The summed E-state index contributed by atoms with van der Waals surface area (Å²) in [4.78, 5) is 20.6. The molecule has 3 rings (SSSR count). The van der Waals surface area contributed by atoms with Gasteiger partial charge in [0.05, 0.1) is 34.7 Å². The number of carbonyl (C=O) groups is 1. The van der Waals surface area contributed by atoms with Crippen molar-refractivity contribution in [3.63, 3.8) is 0 Å². The van der Waals surface area contributed by atoms with Gasteiger partial charge in [0, 0.05) is 24.5 Å². The van der Waals surface area contributed by atoms with Crippen molar-refractivity contribution >= 4 is 27.1 Å². The Hall–Kier alpha value is -0.990. The van der Waals surface area contributed by atoms with E-state index in [2.05, 4.69) is 9.88 Å². The van der Waals surface area contributed by atoms with Crippen LogP contribution < -0.4 is 0 Å². The van der Waals surface area contributed by atoms with Crippen LogP contribution in [-0.2, 0) is 21.1 Å². The number of sulfone groups is 1. The molecule has 1 aromatic rings. The van der Waals surface area contributed by atoms with Gasteiger partial charge in [0.1, 0.15) is 0 Å². The second kappa shape index (κ2) is 5.33. The average Bonchev–Trinajstić information content (AvgIpc) is 2.92. The zero-order valence-electron chi connectivity index (χ0n) is 12.2. The molecule has 0 aromatic carbocycles. The van der Waals surface area contributed by atoms with Gasteiger partial charge in [0.25, 0.3) is 0 Å². The molecule has 0 saturated carbocycles. The SMILES string of the molecule is Cc1nc(CC(=O)N2CCN(C)[C@@H]3CS(=O)(=O)C[C@@H]32)cs1. The summed E-state index contributed by atoms with van der Waals surface area (Å²) in [6.45, 7) is 3.22. The smallest absolute Gasteiger partial charge is 0.228 e. The Balaban J connectivity index is 1.77. The molecule has 2 aliphatic rings. The summed E-state index contributed by atoms with van der Waals surface area (Å²) in [6.07, 6.45) is 0.261. The standard InChI is InChI=1S/C13H19N3O3S2/c1-9-14-10(6-20-9)5-13(17)16-4-3-15(2)11-7-21(18,19)8-12(11)16/h6,11-12H,3-5,7-8H2,1-2H3/t11-,12+/m1/s1. The lowest BCUT2D eigenvalue weighted by Crippen LogP contribution is -2.59. The van der Waals surface area contributed by atoms with Gasteiger partial charge in [-0.05, 0) is 14.0 Å². The Bertz CT molecular complexity index is 655. The van der Waals surface area contributed by atoms with Crippen LogP contribution in [0.5, 0.6) is 0 Å². The van der Waals surface area contributed by atoms with E-state index in [1.165, 1.54) is 11.3 Å². The van der Waals surface area contributed by atoms with Crippen molar-refractivity contribution in [2.75, 3.05) is 31.6 Å². The number of piperazine rings is 1. The first-order valence-corrected chi connectivity index (χ1v) is 9.67. The molecule has 0 radical (unpaired) electrons. The highest BCUT2D eigenvalue weighted by atomic mass is 32.2. The largest absolute Gasteiger partial charge is 0.335 e. The number of aryl methyl sites for hydroxylation is 1. The number of rotatable bonds is 2. The molecule has 3 heterocycles. The van der Waals surface area contributed by atoms with E-state index in [4.69, 9.17) is 0 Å². The lowest BCUT2D eigenvalue weighted by atomic mass is 10.0. The predicted octanol–water partition coefficient (Wildman–Crippen LogP) is -0.0664. The number of fused-ring (bicyclic) bond motifs is 1. The van der Waals surface area contributed by atoms with E-state index < -0.39 is 9.84 Å². The van der Waals surface area contributed by atoms with Crippen molar-refractivity contribution < 1.29 is 13.2 Å². The van der Waals surface area contributed by atoms with Crippen LogP contribution in [0.1, 0.15) is 10.7 Å². The van der Waals surface area contributed by atoms with Crippen LogP contribution in [-0.4, -0.2) is 72.8 Å². The summed E-state index contributed by atoms with van der Waals surface area (Å²) in [6, 6.07) is -0.272. The van der Waals surface area contributed by atoms with Crippen molar-refractivity contribution in [3.8, 4) is 0 Å². The van der Waals surface area contributed by atoms with E-state index in [9.17, 15) is 13.2 Å². The van der Waals surface area contributed by atoms with Crippen LogP contribution in [0, 0.1) is 6.92 Å². The first-order chi connectivity index (χ1) is 9.85. The number of hydrogen-bond donors (Lipinski definition) is 0. The third-order valence-electron chi connectivity index (χ3n) is 4.27. The fraction of sp³-hybridized carbons (Fsp3) is 0.692. The molecule has 2 aliphatic heterocycles. The van der Waals surface area contributed by atoms with E-state index >= 15 is 0 Å².